The maximum Gasteiger partial charge on any atom is 0.0424 e. The Balaban J connectivity index is 1.85. The van der Waals surface area contributed by atoms with Gasteiger partial charge >= 0.3 is 0 Å². The van der Waals surface area contributed by atoms with Gasteiger partial charge in [0.1, 0.15) is 0 Å². The average Bonchev–Trinajstić information content (AvgIpc) is 2.69. The van der Waals surface area contributed by atoms with Gasteiger partial charge in [0.2, 0.25) is 0 Å². The van der Waals surface area contributed by atoms with Gasteiger partial charge in [-0.15, -0.1) is 0 Å². The van der Waals surface area contributed by atoms with E-state index in [4.69, 9.17) is 0 Å². The summed E-state index contributed by atoms with van der Waals surface area (Å²) in [4.78, 5) is 3.29. The van der Waals surface area contributed by atoms with Crippen LogP contribution in [0.15, 0.2) is 12.0 Å². The summed E-state index contributed by atoms with van der Waals surface area (Å²) in [5, 5.41) is 0. The first-order valence-corrected chi connectivity index (χ1v) is 6.88. The average molecular weight is 211 g/mol. The van der Waals surface area contributed by atoms with E-state index in [1.165, 1.54) is 65.0 Å². The first-order chi connectivity index (χ1) is 6.93. The van der Waals surface area contributed by atoms with Crippen molar-refractivity contribution < 1.29 is 0 Å². The molecule has 80 valence electrons. The minimum Gasteiger partial charge on any atom is -0.361 e. The maximum absolute atomic E-state index is 3.29. The lowest BCUT2D eigenvalue weighted by molar-refractivity contribution is 0.589. The third-order valence-corrected chi connectivity index (χ3v) is 3.53. The second kappa shape index (κ2) is 8.05. The van der Waals surface area contributed by atoms with Crippen LogP contribution in [0.5, 0.6) is 0 Å². The quantitative estimate of drug-likeness (QED) is 0.589. The molecule has 0 aromatic carbocycles. The molecule has 0 aliphatic carbocycles. The fraction of sp³-hybridized carbons (Fsp3) is 0.750. The molecular weight excluding hydrogens is 189 g/mol. The Kier molecular flexibility index (Phi) is 6.78. The van der Waals surface area contributed by atoms with E-state index < -0.39 is 0 Å². The van der Waals surface area contributed by atoms with Crippen LogP contribution in [0.4, 0.5) is 0 Å². The molecule has 0 bridgehead atoms. The molecule has 1 aromatic rings. The molecule has 0 atom stereocenters. The smallest absolute Gasteiger partial charge is 0.0424 e. The molecule has 1 heterocycles. The lowest BCUT2D eigenvalue weighted by Crippen LogP contribution is -1.84. The van der Waals surface area contributed by atoms with E-state index in [0.717, 1.165) is 0 Å². The number of aryl methyl sites for hydroxylation is 1. The fourth-order valence-corrected chi connectivity index (χ4v) is 2.45. The highest BCUT2D eigenvalue weighted by Crippen LogP contribution is 2.15. The van der Waals surface area contributed by atoms with E-state index in [9.17, 15) is 0 Å². The van der Waals surface area contributed by atoms with Crippen LogP contribution in [-0.4, -0.2) is 4.98 Å². The van der Waals surface area contributed by atoms with Gasteiger partial charge < -0.3 is 4.98 Å². The summed E-state index contributed by atoms with van der Waals surface area (Å²) in [5.74, 6) is 2.18. The summed E-state index contributed by atoms with van der Waals surface area (Å²) in [6.07, 6.45) is 13.2. The van der Waals surface area contributed by atoms with Crippen molar-refractivity contribution in [3.63, 3.8) is 0 Å². The fourth-order valence-electron chi connectivity index (χ4n) is 1.68. The SMILES string of the molecule is CCCCCCCCCc1[nH]ccp1. The number of unbranched alkanes of at least 4 members (excludes halogenated alkanes) is 6. The monoisotopic (exact) mass is 211 g/mol. The predicted octanol–water partition coefficient (Wildman–Crippen LogP) is 4.89. The number of aromatic nitrogens is 1. The summed E-state index contributed by atoms with van der Waals surface area (Å²) < 4.78 is 0. The second-order valence-electron chi connectivity index (χ2n) is 3.91. The molecule has 2 heteroatoms. The van der Waals surface area contributed by atoms with Crippen molar-refractivity contribution in [2.75, 3.05) is 0 Å². The molecule has 0 aliphatic rings. The van der Waals surface area contributed by atoms with Gasteiger partial charge in [-0.05, 0) is 18.6 Å². The molecule has 0 fully saturated rings. The normalized spacial score (nSPS) is 11.2. The standard InChI is InChI=1S/C12H22NP/c1-2-3-4-5-6-7-8-9-12-13-10-11-14-12/h10-11,13H,2-9H2,1H3. The lowest BCUT2D eigenvalue weighted by Gasteiger charge is -1.99. The first kappa shape index (κ1) is 11.8. The minimum atomic E-state index is 1.27. The second-order valence-corrected chi connectivity index (χ2v) is 5.00. The van der Waals surface area contributed by atoms with E-state index >= 15 is 0 Å². The van der Waals surface area contributed by atoms with Crippen molar-refractivity contribution in [1.29, 1.82) is 0 Å². The van der Waals surface area contributed by atoms with E-state index in [1.54, 1.807) is 0 Å². The summed E-state index contributed by atoms with van der Waals surface area (Å²) in [6, 6.07) is 0. The zero-order chi connectivity index (χ0) is 10.1. The van der Waals surface area contributed by atoms with Crippen molar-refractivity contribution in [1.82, 2.24) is 4.98 Å². The van der Waals surface area contributed by atoms with Crippen LogP contribution in [0, 0.1) is 0 Å². The van der Waals surface area contributed by atoms with Gasteiger partial charge in [-0.25, -0.2) is 0 Å². The molecule has 0 amide bonds. The molecule has 0 aliphatic heterocycles. The Morgan fingerprint density at radius 2 is 1.79 bits per heavy atom. The largest absolute Gasteiger partial charge is 0.361 e. The molecule has 1 aromatic heterocycles. The molecule has 0 unspecified atom stereocenters. The van der Waals surface area contributed by atoms with Crippen molar-refractivity contribution >= 4 is 8.19 Å². The minimum absolute atomic E-state index is 1.27. The van der Waals surface area contributed by atoms with Crippen LogP contribution in [-0.2, 0) is 6.42 Å². The highest BCUT2D eigenvalue weighted by atomic mass is 31.0. The molecule has 0 saturated carbocycles. The Morgan fingerprint density at radius 1 is 1.07 bits per heavy atom. The zero-order valence-electron chi connectivity index (χ0n) is 9.26. The lowest BCUT2D eigenvalue weighted by atomic mass is 10.1. The van der Waals surface area contributed by atoms with Gasteiger partial charge in [-0.2, -0.15) is 0 Å². The van der Waals surface area contributed by atoms with Crippen molar-refractivity contribution in [3.05, 3.63) is 17.4 Å². The molecule has 0 radical (unpaired) electrons. The Hall–Kier alpha value is -0.290. The Morgan fingerprint density at radius 3 is 2.43 bits per heavy atom. The van der Waals surface area contributed by atoms with Crippen LogP contribution in [0.1, 0.15) is 57.3 Å². The summed E-state index contributed by atoms with van der Waals surface area (Å²) in [7, 11) is 1.39. The van der Waals surface area contributed by atoms with Gasteiger partial charge in [0.05, 0.1) is 0 Å². The highest BCUT2D eigenvalue weighted by Gasteiger charge is 1.94. The van der Waals surface area contributed by atoms with Gasteiger partial charge in [-0.1, -0.05) is 53.6 Å². The van der Waals surface area contributed by atoms with Gasteiger partial charge in [-0.3, -0.25) is 0 Å². The van der Waals surface area contributed by atoms with Gasteiger partial charge in [0.15, 0.2) is 0 Å². The summed E-state index contributed by atoms with van der Waals surface area (Å²) >= 11 is 0. The number of hydrogen-bond acceptors (Lipinski definition) is 0. The highest BCUT2D eigenvalue weighted by molar-refractivity contribution is 7.29. The van der Waals surface area contributed by atoms with Gasteiger partial charge in [0.25, 0.3) is 0 Å². The van der Waals surface area contributed by atoms with Crippen LogP contribution in [0.3, 0.4) is 0 Å². The topological polar surface area (TPSA) is 15.8 Å². The van der Waals surface area contributed by atoms with E-state index in [-0.39, 0.29) is 0 Å². The van der Waals surface area contributed by atoms with Gasteiger partial charge in [0, 0.05) is 11.6 Å². The third-order valence-electron chi connectivity index (χ3n) is 2.57. The summed E-state index contributed by atoms with van der Waals surface area (Å²) in [6.45, 7) is 2.27. The maximum atomic E-state index is 3.29. The number of nitrogens with one attached hydrogen (secondary N) is 1. The van der Waals surface area contributed by atoms with Crippen LogP contribution < -0.4 is 0 Å². The van der Waals surface area contributed by atoms with Crippen LogP contribution in [0.2, 0.25) is 0 Å². The number of H-pyrrole nitrogens is 1. The van der Waals surface area contributed by atoms with Crippen molar-refractivity contribution in [2.24, 2.45) is 0 Å². The first-order valence-electron chi connectivity index (χ1n) is 5.91. The van der Waals surface area contributed by atoms with Crippen molar-refractivity contribution in [2.45, 2.75) is 58.3 Å². The molecule has 0 saturated heterocycles. The summed E-state index contributed by atoms with van der Waals surface area (Å²) in [5.41, 5.74) is 1.48. The zero-order valence-corrected chi connectivity index (χ0v) is 10.2. The molecule has 0 spiro atoms. The van der Waals surface area contributed by atoms with Crippen LogP contribution in [0.25, 0.3) is 0 Å². The molecular formula is C12H22NP. The number of rotatable bonds is 8. The molecule has 14 heavy (non-hydrogen) atoms. The molecule has 1 N–H and O–H groups in total. The van der Waals surface area contributed by atoms with E-state index in [2.05, 4.69) is 23.9 Å². The Bertz CT molecular complexity index is 206. The van der Waals surface area contributed by atoms with E-state index in [1.807, 2.05) is 0 Å². The number of hydrogen-bond donors (Lipinski definition) is 1. The van der Waals surface area contributed by atoms with Crippen LogP contribution >= 0.6 is 8.19 Å². The predicted molar refractivity (Wildman–Crippen MR) is 65.0 cm³/mol. The van der Waals surface area contributed by atoms with E-state index in [0.29, 0.717) is 0 Å². The number of aromatic amines is 1. The third kappa shape index (κ3) is 5.44. The Labute approximate surface area is 89.4 Å². The molecule has 1 nitrogen and oxygen atoms in total. The molecule has 1 rings (SSSR count). The van der Waals surface area contributed by atoms with Crippen molar-refractivity contribution in [3.8, 4) is 0 Å².